The third-order valence-corrected chi connectivity index (χ3v) is 3.19. The second-order valence-corrected chi connectivity index (χ2v) is 4.51. The van der Waals surface area contributed by atoms with E-state index in [0.29, 0.717) is 6.42 Å². The minimum absolute atomic E-state index is 0.0161. The highest BCUT2D eigenvalue weighted by atomic mass is 32.2. The van der Waals surface area contributed by atoms with Gasteiger partial charge in [-0.2, -0.15) is 0 Å². The van der Waals surface area contributed by atoms with Crippen LogP contribution in [0.2, 0.25) is 0 Å². The van der Waals surface area contributed by atoms with Crippen molar-refractivity contribution in [2.75, 3.05) is 11.5 Å². The number of carbonyl (C=O) groups excluding carboxylic acids is 1. The zero-order chi connectivity index (χ0) is 7.61. The topological polar surface area (TPSA) is 63.6 Å². The van der Waals surface area contributed by atoms with Gasteiger partial charge in [-0.25, -0.2) is 18.2 Å². The van der Waals surface area contributed by atoms with E-state index in [2.05, 4.69) is 4.99 Å². The monoisotopic (exact) mass is 161 g/mol. The average molecular weight is 161 g/mol. The van der Waals surface area contributed by atoms with Crippen molar-refractivity contribution in [1.82, 2.24) is 0 Å². The smallest absolute Gasteiger partial charge is 0.229 e. The van der Waals surface area contributed by atoms with Gasteiger partial charge in [0.25, 0.3) is 0 Å². The van der Waals surface area contributed by atoms with Crippen LogP contribution >= 0.6 is 0 Å². The molecule has 0 bridgehead atoms. The fraction of sp³-hybridized carbons (Fsp3) is 0.800. The van der Waals surface area contributed by atoms with E-state index in [1.807, 2.05) is 0 Å². The van der Waals surface area contributed by atoms with Crippen molar-refractivity contribution in [3.05, 3.63) is 0 Å². The van der Waals surface area contributed by atoms with Crippen molar-refractivity contribution in [2.45, 2.75) is 12.5 Å². The Morgan fingerprint density at radius 3 is 2.60 bits per heavy atom. The van der Waals surface area contributed by atoms with Crippen molar-refractivity contribution >= 4 is 15.9 Å². The fourth-order valence-electron chi connectivity index (χ4n) is 0.952. The van der Waals surface area contributed by atoms with E-state index in [9.17, 15) is 13.2 Å². The summed E-state index contributed by atoms with van der Waals surface area (Å²) >= 11 is 0. The van der Waals surface area contributed by atoms with Crippen LogP contribution in [0.25, 0.3) is 0 Å². The quantitative estimate of drug-likeness (QED) is 0.385. The van der Waals surface area contributed by atoms with E-state index in [1.165, 1.54) is 6.08 Å². The van der Waals surface area contributed by atoms with E-state index >= 15 is 0 Å². The Morgan fingerprint density at radius 1 is 1.50 bits per heavy atom. The molecule has 1 unspecified atom stereocenters. The summed E-state index contributed by atoms with van der Waals surface area (Å²) in [5, 5.41) is 0. The lowest BCUT2D eigenvalue weighted by Gasteiger charge is -1.91. The molecule has 0 saturated carbocycles. The maximum atomic E-state index is 10.7. The molecule has 0 N–H and O–H groups in total. The van der Waals surface area contributed by atoms with Crippen molar-refractivity contribution in [3.63, 3.8) is 0 Å². The van der Waals surface area contributed by atoms with Gasteiger partial charge in [0.2, 0.25) is 6.08 Å². The second kappa shape index (κ2) is 2.52. The van der Waals surface area contributed by atoms with Crippen LogP contribution in [0.15, 0.2) is 4.99 Å². The Hall–Kier alpha value is -0.670. The molecule has 0 aromatic heterocycles. The third-order valence-electron chi connectivity index (χ3n) is 1.44. The summed E-state index contributed by atoms with van der Waals surface area (Å²) in [4.78, 5) is 13.0. The molecule has 0 radical (unpaired) electrons. The summed E-state index contributed by atoms with van der Waals surface area (Å²) < 4.78 is 21.5. The van der Waals surface area contributed by atoms with Gasteiger partial charge in [0, 0.05) is 0 Å². The molecule has 4 nitrogen and oxygen atoms in total. The predicted molar refractivity (Wildman–Crippen MR) is 35.2 cm³/mol. The Morgan fingerprint density at radius 2 is 2.20 bits per heavy atom. The van der Waals surface area contributed by atoms with Crippen molar-refractivity contribution in [3.8, 4) is 0 Å². The molecule has 1 fully saturated rings. The van der Waals surface area contributed by atoms with Crippen molar-refractivity contribution < 1.29 is 13.2 Å². The highest BCUT2D eigenvalue weighted by Crippen LogP contribution is 2.13. The largest absolute Gasteiger partial charge is 0.235 e. The SMILES string of the molecule is O=C=NC1CCS(=O)(=O)C1. The predicted octanol–water partition coefficient (Wildman–Crippen LogP) is -0.491. The van der Waals surface area contributed by atoms with Crippen LogP contribution < -0.4 is 0 Å². The first kappa shape index (κ1) is 7.44. The summed E-state index contributed by atoms with van der Waals surface area (Å²) in [5.41, 5.74) is 0. The number of rotatable bonds is 1. The maximum Gasteiger partial charge on any atom is 0.235 e. The van der Waals surface area contributed by atoms with Gasteiger partial charge in [0.05, 0.1) is 17.5 Å². The van der Waals surface area contributed by atoms with Gasteiger partial charge < -0.3 is 0 Å². The molecule has 1 saturated heterocycles. The lowest BCUT2D eigenvalue weighted by atomic mass is 10.3. The molecule has 0 aromatic rings. The minimum Gasteiger partial charge on any atom is -0.229 e. The van der Waals surface area contributed by atoms with Crippen molar-refractivity contribution in [1.29, 1.82) is 0 Å². The first-order valence-corrected chi connectivity index (χ1v) is 4.73. The third kappa shape index (κ3) is 1.65. The first-order valence-electron chi connectivity index (χ1n) is 2.91. The average Bonchev–Trinajstić information content (AvgIpc) is 2.12. The number of sulfone groups is 1. The van der Waals surface area contributed by atoms with Gasteiger partial charge in [-0.15, -0.1) is 0 Å². The second-order valence-electron chi connectivity index (χ2n) is 2.28. The standard InChI is InChI=1S/C5H7NO3S/c7-4-6-5-1-2-10(8,9)3-5/h5H,1-3H2. The summed E-state index contributed by atoms with van der Waals surface area (Å²) in [6, 6.07) is -0.331. The van der Waals surface area contributed by atoms with Crippen LogP contribution in [0.3, 0.4) is 0 Å². The molecule has 0 spiro atoms. The van der Waals surface area contributed by atoms with Crippen molar-refractivity contribution in [2.24, 2.45) is 4.99 Å². The van der Waals surface area contributed by atoms with Crippen LogP contribution in [0.1, 0.15) is 6.42 Å². The molecule has 5 heteroatoms. The Labute approximate surface area is 58.9 Å². The van der Waals surface area contributed by atoms with E-state index in [1.54, 1.807) is 0 Å². The van der Waals surface area contributed by atoms with E-state index in [-0.39, 0.29) is 17.5 Å². The number of aliphatic imine (C=N–C) groups is 1. The molecule has 1 rings (SSSR count). The van der Waals surface area contributed by atoms with Crippen LogP contribution in [0.5, 0.6) is 0 Å². The normalized spacial score (nSPS) is 29.4. The minimum atomic E-state index is -2.89. The number of nitrogens with zero attached hydrogens (tertiary/aromatic N) is 1. The molecule has 56 valence electrons. The summed E-state index contributed by atoms with van der Waals surface area (Å²) in [7, 11) is -2.89. The highest BCUT2D eigenvalue weighted by Gasteiger charge is 2.27. The summed E-state index contributed by atoms with van der Waals surface area (Å²) in [6.45, 7) is 0. The van der Waals surface area contributed by atoms with E-state index < -0.39 is 9.84 Å². The molecular formula is C5H7NO3S. The zero-order valence-electron chi connectivity index (χ0n) is 5.28. The highest BCUT2D eigenvalue weighted by molar-refractivity contribution is 7.91. The van der Waals surface area contributed by atoms with E-state index in [4.69, 9.17) is 0 Å². The molecule has 1 atom stereocenters. The summed E-state index contributed by atoms with van der Waals surface area (Å²) in [5.74, 6) is 0.172. The number of hydrogen-bond donors (Lipinski definition) is 0. The van der Waals surface area contributed by atoms with Gasteiger partial charge in [-0.1, -0.05) is 0 Å². The number of isocyanates is 1. The Balaban J connectivity index is 2.68. The van der Waals surface area contributed by atoms with Crippen LogP contribution in [0.4, 0.5) is 0 Å². The fourth-order valence-corrected chi connectivity index (χ4v) is 2.58. The van der Waals surface area contributed by atoms with Gasteiger partial charge in [-0.3, -0.25) is 0 Å². The first-order chi connectivity index (χ1) is 4.64. The number of hydrogen-bond acceptors (Lipinski definition) is 4. The molecule has 1 aliphatic rings. The zero-order valence-corrected chi connectivity index (χ0v) is 6.10. The maximum absolute atomic E-state index is 10.7. The lowest BCUT2D eigenvalue weighted by molar-refractivity contribution is 0.558. The Bertz CT molecular complexity index is 263. The van der Waals surface area contributed by atoms with Gasteiger partial charge >= 0.3 is 0 Å². The van der Waals surface area contributed by atoms with Gasteiger partial charge in [0.15, 0.2) is 9.84 Å². The van der Waals surface area contributed by atoms with E-state index in [0.717, 1.165) is 0 Å². The molecule has 1 aliphatic heterocycles. The molecule has 0 aliphatic carbocycles. The van der Waals surface area contributed by atoms with Gasteiger partial charge in [-0.05, 0) is 6.42 Å². The molecular weight excluding hydrogens is 154 g/mol. The van der Waals surface area contributed by atoms with Crippen LogP contribution in [-0.2, 0) is 14.6 Å². The molecule has 0 amide bonds. The summed E-state index contributed by atoms with van der Waals surface area (Å²) in [6.07, 6.45) is 1.83. The lowest BCUT2D eigenvalue weighted by Crippen LogP contribution is -2.06. The Kier molecular flexibility index (Phi) is 1.87. The molecule has 1 heterocycles. The molecule has 10 heavy (non-hydrogen) atoms. The van der Waals surface area contributed by atoms with Crippen LogP contribution in [-0.4, -0.2) is 32.0 Å². The molecule has 0 aromatic carbocycles. The van der Waals surface area contributed by atoms with Gasteiger partial charge in [0.1, 0.15) is 0 Å². The van der Waals surface area contributed by atoms with Crippen LogP contribution in [0, 0.1) is 0 Å².